The van der Waals surface area contributed by atoms with Crippen LogP contribution in [0.5, 0.6) is 0 Å². The Bertz CT molecular complexity index is 838. The molecule has 0 bridgehead atoms. The summed E-state index contributed by atoms with van der Waals surface area (Å²) in [5.74, 6) is 3.92. The minimum absolute atomic E-state index is 0.245. The summed E-state index contributed by atoms with van der Waals surface area (Å²) in [6.07, 6.45) is 2.42. The number of benzene rings is 1. The van der Waals surface area contributed by atoms with Crippen molar-refractivity contribution in [3.63, 3.8) is 0 Å². The van der Waals surface area contributed by atoms with E-state index >= 15 is 0 Å². The zero-order chi connectivity index (χ0) is 17.2. The predicted molar refractivity (Wildman–Crippen MR) is 95.5 cm³/mol. The van der Waals surface area contributed by atoms with E-state index in [0.717, 1.165) is 17.5 Å². The smallest absolute Gasteiger partial charge is 0.229 e. The highest BCUT2D eigenvalue weighted by molar-refractivity contribution is 7.98. The van der Waals surface area contributed by atoms with Crippen molar-refractivity contribution in [2.24, 2.45) is 0 Å². The molecular weight excluding hydrogens is 334 g/mol. The monoisotopic (exact) mass is 355 g/mol. The Balaban J connectivity index is 1.52. The van der Waals surface area contributed by atoms with Crippen LogP contribution in [0.15, 0.2) is 40.0 Å². The molecule has 0 spiro atoms. The average Bonchev–Trinajstić information content (AvgIpc) is 3.21. The Kier molecular flexibility index (Phi) is 4.57. The summed E-state index contributed by atoms with van der Waals surface area (Å²) in [4.78, 5) is 4.44. The first-order chi connectivity index (χ1) is 12.2. The summed E-state index contributed by atoms with van der Waals surface area (Å²) in [5, 5.41) is 13.8. The van der Waals surface area contributed by atoms with Gasteiger partial charge in [-0.1, -0.05) is 61.1 Å². The molecule has 6 nitrogen and oxygen atoms in total. The number of hydrogen-bond acceptors (Lipinski definition) is 6. The molecule has 0 atom stereocenters. The molecule has 4 rings (SSSR count). The molecule has 130 valence electrons. The summed E-state index contributed by atoms with van der Waals surface area (Å²) >= 11 is 1.61. The second kappa shape index (κ2) is 7.00. The SMILES string of the molecule is CC(C)c1nc(CSc2nnc(C3CC3)n2Cc2ccccc2)no1. The van der Waals surface area contributed by atoms with Crippen LogP contribution >= 0.6 is 11.8 Å². The summed E-state index contributed by atoms with van der Waals surface area (Å²) in [7, 11) is 0. The molecule has 1 aliphatic rings. The van der Waals surface area contributed by atoms with E-state index in [0.29, 0.717) is 23.4 Å². The van der Waals surface area contributed by atoms with Gasteiger partial charge in [-0.05, 0) is 18.4 Å². The number of aromatic nitrogens is 5. The van der Waals surface area contributed by atoms with E-state index in [9.17, 15) is 0 Å². The van der Waals surface area contributed by atoms with Crippen molar-refractivity contribution in [1.82, 2.24) is 24.9 Å². The van der Waals surface area contributed by atoms with Crippen LogP contribution < -0.4 is 0 Å². The van der Waals surface area contributed by atoms with Gasteiger partial charge in [0.25, 0.3) is 0 Å². The Labute approximate surface area is 151 Å². The Morgan fingerprint density at radius 1 is 1.20 bits per heavy atom. The van der Waals surface area contributed by atoms with Crippen LogP contribution in [0, 0.1) is 0 Å². The fourth-order valence-corrected chi connectivity index (χ4v) is 3.44. The first-order valence-electron chi connectivity index (χ1n) is 8.63. The third kappa shape index (κ3) is 3.76. The molecule has 0 radical (unpaired) electrons. The van der Waals surface area contributed by atoms with Gasteiger partial charge in [0.2, 0.25) is 5.89 Å². The molecule has 25 heavy (non-hydrogen) atoms. The minimum atomic E-state index is 0.245. The van der Waals surface area contributed by atoms with Crippen LogP contribution in [0.1, 0.15) is 61.6 Å². The summed E-state index contributed by atoms with van der Waals surface area (Å²) in [6.45, 7) is 4.89. The van der Waals surface area contributed by atoms with Crippen molar-refractivity contribution in [3.8, 4) is 0 Å². The lowest BCUT2D eigenvalue weighted by Crippen LogP contribution is -2.06. The topological polar surface area (TPSA) is 69.6 Å². The Morgan fingerprint density at radius 3 is 2.68 bits per heavy atom. The molecule has 2 heterocycles. The van der Waals surface area contributed by atoms with Crippen molar-refractivity contribution in [1.29, 1.82) is 0 Å². The second-order valence-corrected chi connectivity index (χ2v) is 7.62. The van der Waals surface area contributed by atoms with Crippen LogP contribution in [0.4, 0.5) is 0 Å². The lowest BCUT2D eigenvalue weighted by Gasteiger charge is -2.09. The number of nitrogens with zero attached hydrogens (tertiary/aromatic N) is 5. The first kappa shape index (κ1) is 16.3. The highest BCUT2D eigenvalue weighted by Crippen LogP contribution is 2.40. The molecule has 1 aliphatic carbocycles. The van der Waals surface area contributed by atoms with Crippen molar-refractivity contribution < 1.29 is 4.52 Å². The molecule has 0 N–H and O–H groups in total. The van der Waals surface area contributed by atoms with Gasteiger partial charge in [-0.2, -0.15) is 4.98 Å². The molecule has 7 heteroatoms. The predicted octanol–water partition coefficient (Wildman–Crippen LogP) is 4.00. The van der Waals surface area contributed by atoms with Gasteiger partial charge in [-0.15, -0.1) is 10.2 Å². The normalized spacial score (nSPS) is 14.4. The van der Waals surface area contributed by atoms with Crippen LogP contribution in [-0.4, -0.2) is 24.9 Å². The maximum Gasteiger partial charge on any atom is 0.229 e. The largest absolute Gasteiger partial charge is 0.339 e. The van der Waals surface area contributed by atoms with Crippen LogP contribution in [0.2, 0.25) is 0 Å². The van der Waals surface area contributed by atoms with E-state index in [-0.39, 0.29) is 5.92 Å². The zero-order valence-corrected chi connectivity index (χ0v) is 15.2. The van der Waals surface area contributed by atoms with Gasteiger partial charge in [0.05, 0.1) is 12.3 Å². The molecule has 0 amide bonds. The third-order valence-corrected chi connectivity index (χ3v) is 5.14. The van der Waals surface area contributed by atoms with Gasteiger partial charge < -0.3 is 9.09 Å². The van der Waals surface area contributed by atoms with Gasteiger partial charge in [-0.25, -0.2) is 0 Å². The quantitative estimate of drug-likeness (QED) is 0.597. The van der Waals surface area contributed by atoms with Gasteiger partial charge in [0.15, 0.2) is 11.0 Å². The Morgan fingerprint density at radius 2 is 2.00 bits per heavy atom. The molecule has 0 saturated heterocycles. The van der Waals surface area contributed by atoms with Crippen LogP contribution in [0.25, 0.3) is 0 Å². The highest BCUT2D eigenvalue weighted by Gasteiger charge is 2.30. The second-order valence-electron chi connectivity index (χ2n) is 6.68. The van der Waals surface area contributed by atoms with Gasteiger partial charge in [0.1, 0.15) is 5.82 Å². The molecule has 2 aromatic heterocycles. The van der Waals surface area contributed by atoms with Crippen molar-refractivity contribution in [3.05, 3.63) is 53.4 Å². The lowest BCUT2D eigenvalue weighted by atomic mass is 10.2. The zero-order valence-electron chi connectivity index (χ0n) is 14.4. The van der Waals surface area contributed by atoms with Crippen molar-refractivity contribution >= 4 is 11.8 Å². The van der Waals surface area contributed by atoms with E-state index in [4.69, 9.17) is 4.52 Å². The van der Waals surface area contributed by atoms with Crippen LogP contribution in [0.3, 0.4) is 0 Å². The average molecular weight is 355 g/mol. The number of thioether (sulfide) groups is 1. The number of hydrogen-bond donors (Lipinski definition) is 0. The third-order valence-electron chi connectivity index (χ3n) is 4.18. The van der Waals surface area contributed by atoms with E-state index in [1.165, 1.54) is 18.4 Å². The van der Waals surface area contributed by atoms with Gasteiger partial charge >= 0.3 is 0 Å². The lowest BCUT2D eigenvalue weighted by molar-refractivity contribution is 0.362. The van der Waals surface area contributed by atoms with E-state index < -0.39 is 0 Å². The molecule has 0 unspecified atom stereocenters. The number of rotatable bonds is 7. The summed E-state index contributed by atoms with van der Waals surface area (Å²) < 4.78 is 7.51. The molecule has 0 aliphatic heterocycles. The van der Waals surface area contributed by atoms with Crippen LogP contribution in [-0.2, 0) is 12.3 Å². The summed E-state index contributed by atoms with van der Waals surface area (Å²) in [6, 6.07) is 10.4. The van der Waals surface area contributed by atoms with Crippen molar-refractivity contribution in [2.45, 2.75) is 56.0 Å². The Hall–Kier alpha value is -2.15. The van der Waals surface area contributed by atoms with Gasteiger partial charge in [0, 0.05) is 11.8 Å². The van der Waals surface area contributed by atoms with Gasteiger partial charge in [-0.3, -0.25) is 0 Å². The van der Waals surface area contributed by atoms with Crippen molar-refractivity contribution in [2.75, 3.05) is 0 Å². The maximum atomic E-state index is 5.28. The van der Waals surface area contributed by atoms with E-state index in [2.05, 4.69) is 49.2 Å². The van der Waals surface area contributed by atoms with E-state index in [1.807, 2.05) is 19.9 Å². The first-order valence-corrected chi connectivity index (χ1v) is 9.61. The fourth-order valence-electron chi connectivity index (χ4n) is 2.65. The highest BCUT2D eigenvalue weighted by atomic mass is 32.2. The molecule has 1 saturated carbocycles. The molecule has 1 fully saturated rings. The van der Waals surface area contributed by atoms with E-state index in [1.54, 1.807) is 11.8 Å². The molecule has 3 aromatic rings. The maximum absolute atomic E-state index is 5.28. The molecular formula is C18H21N5OS. The summed E-state index contributed by atoms with van der Waals surface area (Å²) in [5.41, 5.74) is 1.26. The molecule has 1 aromatic carbocycles. The fraction of sp³-hybridized carbons (Fsp3) is 0.444. The standard InChI is InChI=1S/C18H21N5OS/c1-12(2)17-19-15(22-24-17)11-25-18-21-20-16(14-8-9-14)23(18)10-13-6-4-3-5-7-13/h3-7,12,14H,8-11H2,1-2H3. The minimum Gasteiger partial charge on any atom is -0.339 e.